The number of alkyl halides is 1. The smallest absolute Gasteiger partial charge is 0.407 e. The first kappa shape index (κ1) is 21.4. The van der Waals surface area contributed by atoms with E-state index in [0.717, 1.165) is 4.88 Å². The molecule has 0 aliphatic carbocycles. The molecular weight excluding hydrogens is 368 g/mol. The van der Waals surface area contributed by atoms with Crippen LogP contribution in [0, 0.1) is 5.41 Å². The average Bonchev–Trinajstić information content (AvgIpc) is 2.88. The second-order valence-electron chi connectivity index (χ2n) is 7.52. The van der Waals surface area contributed by atoms with Gasteiger partial charge in [-0.1, -0.05) is 20.8 Å². The van der Waals surface area contributed by atoms with Gasteiger partial charge in [0.15, 0.2) is 0 Å². The minimum Gasteiger partial charge on any atom is -0.444 e. The maximum Gasteiger partial charge on any atom is 0.407 e. The van der Waals surface area contributed by atoms with E-state index >= 15 is 0 Å². The molecule has 1 amide bonds. The fourth-order valence-corrected chi connectivity index (χ4v) is 4.28. The number of rotatable bonds is 6. The van der Waals surface area contributed by atoms with Crippen molar-refractivity contribution in [2.24, 2.45) is 5.41 Å². The number of thiophene rings is 1. The molecule has 0 radical (unpaired) electrons. The molecule has 1 rings (SSSR count). The first-order chi connectivity index (χ1) is 10.9. The van der Waals surface area contributed by atoms with Gasteiger partial charge in [0.05, 0.1) is 16.8 Å². The van der Waals surface area contributed by atoms with E-state index in [1.54, 1.807) is 6.07 Å². The second-order valence-corrected chi connectivity index (χ2v) is 10.1. The molecule has 1 aromatic rings. The Morgan fingerprint density at radius 3 is 2.46 bits per heavy atom. The molecule has 0 aromatic carbocycles. The number of ether oxygens (including phenoxy) is 1. The molecule has 0 spiro atoms. The number of amides is 1. The molecule has 0 bridgehead atoms. The molecule has 1 aromatic heterocycles. The van der Waals surface area contributed by atoms with Crippen LogP contribution in [0.25, 0.3) is 0 Å². The van der Waals surface area contributed by atoms with Gasteiger partial charge in [0.25, 0.3) is 0 Å². The van der Waals surface area contributed by atoms with Crippen molar-refractivity contribution in [3.63, 3.8) is 0 Å². The van der Waals surface area contributed by atoms with E-state index < -0.39 is 22.7 Å². The number of carbonyl (C=O) groups is 1. The van der Waals surface area contributed by atoms with Gasteiger partial charge in [0.1, 0.15) is 16.6 Å². The first-order valence-electron chi connectivity index (χ1n) is 7.71. The van der Waals surface area contributed by atoms with Crippen LogP contribution in [0.15, 0.2) is 16.3 Å². The summed E-state index contributed by atoms with van der Waals surface area (Å²) in [5, 5.41) is 4.73. The van der Waals surface area contributed by atoms with Crippen LogP contribution < -0.4 is 10.0 Å². The Labute approximate surface area is 156 Å². The van der Waals surface area contributed by atoms with Crippen LogP contribution in [0.3, 0.4) is 0 Å². The van der Waals surface area contributed by atoms with Crippen LogP contribution in [-0.4, -0.2) is 28.5 Å². The molecule has 2 unspecified atom stereocenters. The molecule has 138 valence electrons. The van der Waals surface area contributed by atoms with Crippen molar-refractivity contribution in [1.82, 2.24) is 10.0 Å². The van der Waals surface area contributed by atoms with E-state index in [1.807, 2.05) is 46.9 Å². The summed E-state index contributed by atoms with van der Waals surface area (Å²) >= 11 is 7.34. The summed E-state index contributed by atoms with van der Waals surface area (Å²) in [6, 6.07) is 1.56. The lowest BCUT2D eigenvalue weighted by atomic mass is 9.87. The first-order valence-corrected chi connectivity index (χ1v) is 10.3. The van der Waals surface area contributed by atoms with E-state index in [0.29, 0.717) is 17.3 Å². The van der Waals surface area contributed by atoms with Crippen molar-refractivity contribution in [2.75, 3.05) is 6.54 Å². The van der Waals surface area contributed by atoms with Gasteiger partial charge in [-0.2, -0.15) is 0 Å². The average molecular weight is 395 g/mol. The van der Waals surface area contributed by atoms with Crippen molar-refractivity contribution in [3.8, 4) is 0 Å². The fourth-order valence-electron chi connectivity index (χ4n) is 1.85. The van der Waals surface area contributed by atoms with Gasteiger partial charge in [0, 0.05) is 11.4 Å². The molecule has 24 heavy (non-hydrogen) atoms. The molecule has 0 saturated heterocycles. The van der Waals surface area contributed by atoms with Crippen LogP contribution in [-0.2, 0) is 21.6 Å². The van der Waals surface area contributed by atoms with E-state index in [-0.39, 0.29) is 11.5 Å². The summed E-state index contributed by atoms with van der Waals surface area (Å²) in [6.07, 6.45) is -0.480. The molecule has 2 N–H and O–H groups in total. The zero-order chi connectivity index (χ0) is 18.5. The third-order valence-corrected chi connectivity index (χ3v) is 5.87. The zero-order valence-electron chi connectivity index (χ0n) is 15.1. The van der Waals surface area contributed by atoms with Crippen LogP contribution in [0.2, 0.25) is 0 Å². The Balaban J connectivity index is 2.71. The molecule has 0 aliphatic rings. The fraction of sp³-hybridized carbons (Fsp3) is 0.688. The Morgan fingerprint density at radius 2 is 1.96 bits per heavy atom. The van der Waals surface area contributed by atoms with Crippen molar-refractivity contribution < 1.29 is 13.7 Å². The highest BCUT2D eigenvalue weighted by molar-refractivity contribution is 7.83. The third-order valence-electron chi connectivity index (χ3n) is 3.18. The van der Waals surface area contributed by atoms with Gasteiger partial charge < -0.3 is 10.1 Å². The van der Waals surface area contributed by atoms with Crippen LogP contribution in [0.5, 0.6) is 0 Å². The minimum atomic E-state index is -1.37. The highest BCUT2D eigenvalue weighted by atomic mass is 35.5. The van der Waals surface area contributed by atoms with Crippen molar-refractivity contribution in [3.05, 3.63) is 16.3 Å². The summed E-state index contributed by atoms with van der Waals surface area (Å²) < 4.78 is 20.7. The minimum absolute atomic E-state index is 0.224. The summed E-state index contributed by atoms with van der Waals surface area (Å²) in [5.41, 5.74) is -0.785. The monoisotopic (exact) mass is 394 g/mol. The lowest BCUT2D eigenvalue weighted by Gasteiger charge is -2.32. The lowest BCUT2D eigenvalue weighted by molar-refractivity contribution is 0.0466. The van der Waals surface area contributed by atoms with E-state index in [9.17, 15) is 9.00 Å². The molecule has 2 atom stereocenters. The predicted molar refractivity (Wildman–Crippen MR) is 101 cm³/mol. The third kappa shape index (κ3) is 7.09. The lowest BCUT2D eigenvalue weighted by Crippen LogP contribution is -2.51. The maximum absolute atomic E-state index is 12.4. The summed E-state index contributed by atoms with van der Waals surface area (Å²) in [4.78, 5) is 13.6. The second kappa shape index (κ2) is 8.65. The van der Waals surface area contributed by atoms with Crippen LogP contribution in [0.1, 0.15) is 46.4 Å². The molecule has 0 fully saturated rings. The van der Waals surface area contributed by atoms with Gasteiger partial charge in [-0.05, 0) is 37.6 Å². The van der Waals surface area contributed by atoms with Gasteiger partial charge in [-0.25, -0.2) is 13.7 Å². The largest absolute Gasteiger partial charge is 0.444 e. The van der Waals surface area contributed by atoms with Gasteiger partial charge in [-0.3, -0.25) is 0 Å². The van der Waals surface area contributed by atoms with E-state index in [4.69, 9.17) is 16.3 Å². The molecule has 0 aliphatic heterocycles. The van der Waals surface area contributed by atoms with Gasteiger partial charge >= 0.3 is 6.09 Å². The predicted octanol–water partition coefficient (Wildman–Crippen LogP) is 4.04. The molecule has 0 saturated carbocycles. The van der Waals surface area contributed by atoms with Gasteiger partial charge in [-0.15, -0.1) is 22.9 Å². The normalized spacial score (nSPS) is 15.0. The zero-order valence-corrected chi connectivity index (χ0v) is 17.5. The highest BCUT2D eigenvalue weighted by Gasteiger charge is 2.29. The number of halogens is 1. The Morgan fingerprint density at radius 1 is 1.33 bits per heavy atom. The topological polar surface area (TPSA) is 67.4 Å². The summed E-state index contributed by atoms with van der Waals surface area (Å²) in [7, 11) is -1.37. The quantitative estimate of drug-likeness (QED) is 0.715. The summed E-state index contributed by atoms with van der Waals surface area (Å²) in [6.45, 7) is 11.8. The van der Waals surface area contributed by atoms with Crippen LogP contribution in [0.4, 0.5) is 4.79 Å². The van der Waals surface area contributed by atoms with Crippen molar-refractivity contribution in [2.45, 2.75) is 64.0 Å². The standard InChI is InChI=1S/C16H27ClN2O3S2/c1-15(2,3)13(19-14(20)22-16(4,5)6)10-18-24(21)12-7-8-23-11(12)9-17/h7-8,13,18H,9-10H2,1-6H3,(H,19,20). The maximum atomic E-state index is 12.4. The summed E-state index contributed by atoms with van der Waals surface area (Å²) in [5.74, 6) is 0.333. The van der Waals surface area contributed by atoms with E-state index in [2.05, 4.69) is 10.0 Å². The number of carbonyl (C=O) groups excluding carboxylic acids is 1. The molecule has 8 heteroatoms. The Hall–Kier alpha value is -0.630. The van der Waals surface area contributed by atoms with Gasteiger partial charge in [0.2, 0.25) is 0 Å². The number of alkyl carbamates (subject to hydrolysis) is 1. The molecule has 1 heterocycles. The van der Waals surface area contributed by atoms with E-state index in [1.165, 1.54) is 11.3 Å². The number of hydrogen-bond acceptors (Lipinski definition) is 4. The molecule has 5 nitrogen and oxygen atoms in total. The number of nitrogens with one attached hydrogen (secondary N) is 2. The molecular formula is C16H27ClN2O3S2. The van der Waals surface area contributed by atoms with Crippen molar-refractivity contribution in [1.29, 1.82) is 0 Å². The Bertz CT molecular complexity index is 577. The van der Waals surface area contributed by atoms with Crippen molar-refractivity contribution >= 4 is 40.0 Å². The Kier molecular flexibility index (Phi) is 7.72. The van der Waals surface area contributed by atoms with Crippen LogP contribution >= 0.6 is 22.9 Å². The highest BCUT2D eigenvalue weighted by Crippen LogP contribution is 2.23. The SMILES string of the molecule is CC(C)(C)OC(=O)NC(CNS(=O)c1ccsc1CCl)C(C)(C)C. The number of hydrogen-bond donors (Lipinski definition) is 2.